The van der Waals surface area contributed by atoms with E-state index in [-0.39, 0.29) is 25.2 Å². The number of rotatable bonds is 61. The van der Waals surface area contributed by atoms with Crippen LogP contribution in [0.3, 0.4) is 0 Å². The monoisotopic (exact) mass is 1020 g/mol. The molecular weight excluding hydrogens is 897 g/mol. The molecule has 0 aromatic heterocycles. The molecule has 0 amide bonds. The fourth-order valence-electron chi connectivity index (χ4n) is 10.0. The van der Waals surface area contributed by atoms with Crippen LogP contribution in [0.25, 0.3) is 0 Å². The van der Waals surface area contributed by atoms with Gasteiger partial charge in [-0.05, 0) is 51.4 Å². The summed E-state index contributed by atoms with van der Waals surface area (Å²) in [4.78, 5) is 24.6. The minimum absolute atomic E-state index is 0.0627. The summed E-state index contributed by atoms with van der Waals surface area (Å²) in [6.45, 7) is 4.08. The minimum atomic E-state index is -0.773. The Morgan fingerprint density at radius 2 is 0.589 bits per heavy atom. The van der Waals surface area contributed by atoms with Gasteiger partial charge in [0.1, 0.15) is 6.61 Å². The van der Waals surface area contributed by atoms with Crippen molar-refractivity contribution in [3.8, 4) is 0 Å². The summed E-state index contributed by atoms with van der Waals surface area (Å²) in [5, 5.41) is 9.68. The van der Waals surface area contributed by atoms with Crippen molar-refractivity contribution >= 4 is 11.9 Å². The lowest BCUT2D eigenvalue weighted by Gasteiger charge is -2.15. The summed E-state index contributed by atoms with van der Waals surface area (Å²) < 4.78 is 10.7. The molecule has 428 valence electrons. The predicted molar refractivity (Wildman–Crippen MR) is 321 cm³/mol. The maximum absolute atomic E-state index is 12.3. The second-order valence-corrected chi connectivity index (χ2v) is 22.2. The van der Waals surface area contributed by atoms with Gasteiger partial charge >= 0.3 is 11.9 Å². The van der Waals surface area contributed by atoms with Crippen LogP contribution in [0.5, 0.6) is 0 Å². The van der Waals surface area contributed by atoms with Crippen LogP contribution in [-0.4, -0.2) is 36.4 Å². The van der Waals surface area contributed by atoms with Gasteiger partial charge in [0.2, 0.25) is 0 Å². The Kier molecular flexibility index (Phi) is 62.3. The third-order valence-electron chi connectivity index (χ3n) is 14.9. The van der Waals surface area contributed by atoms with Gasteiger partial charge in [0, 0.05) is 12.8 Å². The molecule has 0 heterocycles. The van der Waals surface area contributed by atoms with Crippen molar-refractivity contribution in [3.63, 3.8) is 0 Å². The summed E-state index contributed by atoms with van der Waals surface area (Å²) in [7, 11) is 0. The van der Waals surface area contributed by atoms with Gasteiger partial charge in [-0.3, -0.25) is 9.59 Å². The van der Waals surface area contributed by atoms with Crippen LogP contribution in [-0.2, 0) is 19.1 Å². The van der Waals surface area contributed by atoms with E-state index in [2.05, 4.69) is 62.5 Å². The van der Waals surface area contributed by atoms with Gasteiger partial charge < -0.3 is 14.6 Å². The molecule has 0 aliphatic carbocycles. The third kappa shape index (κ3) is 62.3. The minimum Gasteiger partial charge on any atom is -0.462 e. The number of hydrogen-bond donors (Lipinski definition) is 1. The molecule has 0 bridgehead atoms. The fraction of sp³-hybridized carbons (Fsp3) is 0.853. The lowest BCUT2D eigenvalue weighted by molar-refractivity contribution is -0.161. The van der Waals surface area contributed by atoms with E-state index in [0.29, 0.717) is 12.8 Å². The number of hydrogen-bond acceptors (Lipinski definition) is 5. The standard InChI is InChI=1S/C68H126O5/c1-3-5-7-9-11-13-15-17-19-21-23-25-27-29-30-31-32-33-34-35-36-37-39-40-42-44-46-48-50-52-54-56-58-60-62-67(70)72-65-66(64-69)73-68(71)63-61-59-57-55-53-51-49-47-45-43-41-38-28-26-24-22-20-18-16-14-12-10-8-6-4-2/h6,8,12,14,18,20,24,26,66,69H,3-5,7,9-11,13,15-17,19,21-23,25,27-65H2,1-2H3/b8-6-,14-12-,20-18-,26-24-. The molecule has 0 fully saturated rings. The molecule has 1 N–H and O–H groups in total. The van der Waals surface area contributed by atoms with Crippen LogP contribution in [0, 0.1) is 0 Å². The van der Waals surface area contributed by atoms with E-state index in [0.717, 1.165) is 57.8 Å². The molecule has 0 radical (unpaired) electrons. The summed E-state index contributed by atoms with van der Waals surface area (Å²) in [5.41, 5.74) is 0. The zero-order valence-corrected chi connectivity index (χ0v) is 49.2. The number of allylic oxidation sites excluding steroid dienone is 8. The normalized spacial score (nSPS) is 12.4. The van der Waals surface area contributed by atoms with E-state index in [4.69, 9.17) is 9.47 Å². The highest BCUT2D eigenvalue weighted by Crippen LogP contribution is 2.19. The van der Waals surface area contributed by atoms with Crippen LogP contribution in [0.4, 0.5) is 0 Å². The number of carbonyl (C=O) groups excluding carboxylic acids is 2. The Bertz CT molecular complexity index is 1200. The number of aliphatic hydroxyl groups is 1. The average molecular weight is 1020 g/mol. The van der Waals surface area contributed by atoms with Crippen molar-refractivity contribution in [1.29, 1.82) is 0 Å². The van der Waals surface area contributed by atoms with Gasteiger partial charge in [-0.25, -0.2) is 0 Å². The topological polar surface area (TPSA) is 72.8 Å². The molecular formula is C68H126O5. The Morgan fingerprint density at radius 3 is 0.890 bits per heavy atom. The van der Waals surface area contributed by atoms with E-state index >= 15 is 0 Å². The van der Waals surface area contributed by atoms with Gasteiger partial charge in [-0.15, -0.1) is 0 Å². The number of esters is 2. The fourth-order valence-corrected chi connectivity index (χ4v) is 10.0. The van der Waals surface area contributed by atoms with Gasteiger partial charge in [-0.1, -0.05) is 339 Å². The Balaban J connectivity index is 3.39. The second kappa shape index (κ2) is 64.1. The molecule has 0 spiro atoms. The van der Waals surface area contributed by atoms with Crippen molar-refractivity contribution < 1.29 is 24.2 Å². The van der Waals surface area contributed by atoms with Gasteiger partial charge in [0.15, 0.2) is 6.10 Å². The summed E-state index contributed by atoms with van der Waals surface area (Å²) in [6.07, 6.45) is 85.6. The Hall–Kier alpha value is -2.14. The van der Waals surface area contributed by atoms with Crippen molar-refractivity contribution in [2.45, 2.75) is 360 Å². The number of aliphatic hydroxyl groups excluding tert-OH is 1. The molecule has 0 aliphatic rings. The molecule has 0 aromatic carbocycles. The first-order valence-corrected chi connectivity index (χ1v) is 32.7. The van der Waals surface area contributed by atoms with Gasteiger partial charge in [0.25, 0.3) is 0 Å². The lowest BCUT2D eigenvalue weighted by Crippen LogP contribution is -2.28. The van der Waals surface area contributed by atoms with Crippen LogP contribution >= 0.6 is 0 Å². The molecule has 0 rings (SSSR count). The smallest absolute Gasteiger partial charge is 0.306 e. The SMILES string of the molecule is CC/C=C\C/C=C\C/C=C\C/C=C\CCCCCCCCCCCCCCC(=O)OC(CO)COC(=O)CCCCCCCCCCCCCCCCCCCCCCCCCCCCCCCCCCCC. The molecule has 1 unspecified atom stereocenters. The van der Waals surface area contributed by atoms with Crippen LogP contribution < -0.4 is 0 Å². The molecule has 5 nitrogen and oxygen atoms in total. The van der Waals surface area contributed by atoms with E-state index in [9.17, 15) is 14.7 Å². The predicted octanol–water partition coefficient (Wildman–Crippen LogP) is 22.4. The van der Waals surface area contributed by atoms with Gasteiger partial charge in [-0.2, -0.15) is 0 Å². The molecule has 0 saturated heterocycles. The summed E-state index contributed by atoms with van der Waals surface area (Å²) >= 11 is 0. The van der Waals surface area contributed by atoms with E-state index in [1.165, 1.54) is 270 Å². The molecule has 1 atom stereocenters. The Morgan fingerprint density at radius 1 is 0.329 bits per heavy atom. The number of unbranched alkanes of at least 4 members (excludes halogenated alkanes) is 45. The van der Waals surface area contributed by atoms with E-state index < -0.39 is 6.10 Å². The second-order valence-electron chi connectivity index (χ2n) is 22.2. The lowest BCUT2D eigenvalue weighted by atomic mass is 10.0. The first-order chi connectivity index (χ1) is 36.1. The van der Waals surface area contributed by atoms with E-state index in [1.807, 2.05) is 0 Å². The van der Waals surface area contributed by atoms with Crippen molar-refractivity contribution in [1.82, 2.24) is 0 Å². The molecule has 5 heteroatoms. The number of carbonyl (C=O) groups is 2. The van der Waals surface area contributed by atoms with Crippen LogP contribution in [0.2, 0.25) is 0 Å². The first kappa shape index (κ1) is 70.9. The van der Waals surface area contributed by atoms with Crippen LogP contribution in [0.1, 0.15) is 354 Å². The summed E-state index contributed by atoms with van der Waals surface area (Å²) in [6, 6.07) is 0. The van der Waals surface area contributed by atoms with E-state index in [1.54, 1.807) is 0 Å². The number of ether oxygens (including phenoxy) is 2. The molecule has 0 aliphatic heterocycles. The molecule has 73 heavy (non-hydrogen) atoms. The maximum atomic E-state index is 12.3. The quantitative estimate of drug-likeness (QED) is 0.0373. The third-order valence-corrected chi connectivity index (χ3v) is 14.9. The van der Waals surface area contributed by atoms with Crippen LogP contribution in [0.15, 0.2) is 48.6 Å². The first-order valence-electron chi connectivity index (χ1n) is 32.7. The highest BCUT2D eigenvalue weighted by Gasteiger charge is 2.16. The molecule has 0 aromatic rings. The summed E-state index contributed by atoms with van der Waals surface area (Å²) in [5.74, 6) is -0.575. The van der Waals surface area contributed by atoms with Crippen molar-refractivity contribution in [2.24, 2.45) is 0 Å². The zero-order valence-electron chi connectivity index (χ0n) is 49.2. The van der Waals surface area contributed by atoms with Crippen molar-refractivity contribution in [3.05, 3.63) is 48.6 Å². The Labute approximate surface area is 456 Å². The molecule has 0 saturated carbocycles. The average Bonchev–Trinajstić information content (AvgIpc) is 3.39. The zero-order chi connectivity index (χ0) is 52.7. The largest absolute Gasteiger partial charge is 0.462 e. The van der Waals surface area contributed by atoms with Gasteiger partial charge in [0.05, 0.1) is 6.61 Å². The highest BCUT2D eigenvalue weighted by atomic mass is 16.6. The van der Waals surface area contributed by atoms with Crippen molar-refractivity contribution in [2.75, 3.05) is 13.2 Å². The maximum Gasteiger partial charge on any atom is 0.306 e. The highest BCUT2D eigenvalue weighted by molar-refractivity contribution is 5.70.